The summed E-state index contributed by atoms with van der Waals surface area (Å²) in [5.41, 5.74) is 1.15. The Balaban J connectivity index is 1.73. The van der Waals surface area contributed by atoms with E-state index in [9.17, 15) is 4.79 Å². The van der Waals surface area contributed by atoms with Gasteiger partial charge in [0.2, 0.25) is 0 Å². The van der Waals surface area contributed by atoms with E-state index in [4.69, 9.17) is 9.47 Å². The van der Waals surface area contributed by atoms with E-state index < -0.39 is 6.10 Å². The molecule has 0 unspecified atom stereocenters. The van der Waals surface area contributed by atoms with Gasteiger partial charge in [-0.25, -0.2) is 0 Å². The Morgan fingerprint density at radius 2 is 1.88 bits per heavy atom. The molecule has 0 aliphatic heterocycles. The predicted molar refractivity (Wildman–Crippen MR) is 98.6 cm³/mol. The number of carbonyl (C=O) groups excluding carboxylic acids is 1. The van der Waals surface area contributed by atoms with Crippen LogP contribution in [0.25, 0.3) is 0 Å². The Hall–Kier alpha value is -2.01. The number of halogens is 1. The molecule has 24 heavy (non-hydrogen) atoms. The maximum atomic E-state index is 12.1. The molecule has 2 aromatic carbocycles. The van der Waals surface area contributed by atoms with Crippen molar-refractivity contribution in [1.82, 2.24) is 5.32 Å². The normalized spacial score (nSPS) is 11.6. The molecular weight excluding hydrogens is 370 g/mol. The molecule has 1 N–H and O–H groups in total. The van der Waals surface area contributed by atoms with E-state index in [2.05, 4.69) is 21.2 Å². The average molecular weight is 392 g/mol. The zero-order chi connectivity index (χ0) is 17.4. The van der Waals surface area contributed by atoms with Gasteiger partial charge in [-0.05, 0) is 55.7 Å². The molecule has 1 amide bonds. The van der Waals surface area contributed by atoms with E-state index in [0.717, 1.165) is 28.6 Å². The van der Waals surface area contributed by atoms with E-state index in [1.807, 2.05) is 48.5 Å². The highest BCUT2D eigenvalue weighted by molar-refractivity contribution is 9.10. The zero-order valence-electron chi connectivity index (χ0n) is 13.9. The lowest BCUT2D eigenvalue weighted by atomic mass is 10.1. The number of nitrogens with one attached hydrogen (secondary N) is 1. The fourth-order valence-corrected chi connectivity index (χ4v) is 2.58. The topological polar surface area (TPSA) is 47.6 Å². The molecule has 0 spiro atoms. The van der Waals surface area contributed by atoms with Crippen molar-refractivity contribution in [2.75, 3.05) is 13.7 Å². The van der Waals surface area contributed by atoms with E-state index in [-0.39, 0.29) is 5.91 Å². The zero-order valence-corrected chi connectivity index (χ0v) is 15.5. The number of hydrogen-bond donors (Lipinski definition) is 1. The van der Waals surface area contributed by atoms with Gasteiger partial charge in [0, 0.05) is 11.0 Å². The second-order valence-corrected chi connectivity index (χ2v) is 6.34. The Labute approximate surface area is 151 Å². The van der Waals surface area contributed by atoms with Crippen LogP contribution in [0.15, 0.2) is 53.0 Å². The standard InChI is InChI=1S/C19H22BrNO3/c1-14(24-17-11-9-16(20)10-12-17)19(22)21-13-5-7-15-6-3-4-8-18(15)23-2/h3-4,6,8-12,14H,5,7,13H2,1-2H3,(H,21,22)/t14-/m1/s1. The van der Waals surface area contributed by atoms with Gasteiger partial charge in [0.1, 0.15) is 11.5 Å². The molecule has 0 saturated carbocycles. The van der Waals surface area contributed by atoms with Crippen molar-refractivity contribution < 1.29 is 14.3 Å². The van der Waals surface area contributed by atoms with E-state index in [1.165, 1.54) is 0 Å². The summed E-state index contributed by atoms with van der Waals surface area (Å²) in [5, 5.41) is 2.91. The monoisotopic (exact) mass is 391 g/mol. The lowest BCUT2D eigenvalue weighted by Gasteiger charge is -2.15. The molecule has 2 rings (SSSR count). The first-order valence-electron chi connectivity index (χ1n) is 7.92. The third kappa shape index (κ3) is 5.57. The fourth-order valence-electron chi connectivity index (χ4n) is 2.31. The first kappa shape index (κ1) is 18.3. The molecule has 5 heteroatoms. The number of methoxy groups -OCH3 is 1. The van der Waals surface area contributed by atoms with E-state index in [1.54, 1.807) is 14.0 Å². The van der Waals surface area contributed by atoms with Crippen LogP contribution in [0.5, 0.6) is 11.5 Å². The minimum atomic E-state index is -0.530. The van der Waals surface area contributed by atoms with Gasteiger partial charge < -0.3 is 14.8 Å². The molecule has 1 atom stereocenters. The Morgan fingerprint density at radius 1 is 1.17 bits per heavy atom. The highest BCUT2D eigenvalue weighted by Crippen LogP contribution is 2.19. The van der Waals surface area contributed by atoms with E-state index in [0.29, 0.717) is 12.3 Å². The number of aryl methyl sites for hydroxylation is 1. The molecule has 0 aromatic heterocycles. The van der Waals surface area contributed by atoms with Crippen molar-refractivity contribution >= 4 is 21.8 Å². The number of hydrogen-bond acceptors (Lipinski definition) is 3. The number of carbonyl (C=O) groups is 1. The van der Waals surface area contributed by atoms with Crippen molar-refractivity contribution in [2.45, 2.75) is 25.9 Å². The highest BCUT2D eigenvalue weighted by atomic mass is 79.9. The van der Waals surface area contributed by atoms with Crippen LogP contribution in [0, 0.1) is 0 Å². The van der Waals surface area contributed by atoms with Crippen LogP contribution in [0.3, 0.4) is 0 Å². The predicted octanol–water partition coefficient (Wildman–Crippen LogP) is 3.97. The summed E-state index contributed by atoms with van der Waals surface area (Å²) in [6.45, 7) is 2.35. The molecule has 0 aliphatic rings. The summed E-state index contributed by atoms with van der Waals surface area (Å²) < 4.78 is 11.9. The van der Waals surface area contributed by atoms with Gasteiger partial charge in [-0.2, -0.15) is 0 Å². The largest absolute Gasteiger partial charge is 0.496 e. The summed E-state index contributed by atoms with van der Waals surface area (Å²) in [4.78, 5) is 12.1. The van der Waals surface area contributed by atoms with Gasteiger partial charge in [-0.15, -0.1) is 0 Å². The van der Waals surface area contributed by atoms with Crippen molar-refractivity contribution in [1.29, 1.82) is 0 Å². The minimum Gasteiger partial charge on any atom is -0.496 e. The van der Waals surface area contributed by atoms with Gasteiger partial charge in [0.05, 0.1) is 7.11 Å². The minimum absolute atomic E-state index is 0.113. The van der Waals surface area contributed by atoms with Crippen LogP contribution < -0.4 is 14.8 Å². The molecule has 2 aromatic rings. The highest BCUT2D eigenvalue weighted by Gasteiger charge is 2.14. The Kier molecular flexibility index (Phi) is 7.12. The Morgan fingerprint density at radius 3 is 2.58 bits per heavy atom. The van der Waals surface area contributed by atoms with Gasteiger partial charge >= 0.3 is 0 Å². The van der Waals surface area contributed by atoms with Gasteiger partial charge in [-0.3, -0.25) is 4.79 Å². The molecule has 0 aliphatic carbocycles. The Bertz CT molecular complexity index is 658. The number of ether oxygens (including phenoxy) is 2. The molecule has 128 valence electrons. The molecule has 0 bridgehead atoms. The summed E-state index contributed by atoms with van der Waals surface area (Å²) in [5.74, 6) is 1.45. The van der Waals surface area contributed by atoms with Crippen LogP contribution in [-0.4, -0.2) is 25.7 Å². The molecular formula is C19H22BrNO3. The number of rotatable bonds is 8. The van der Waals surface area contributed by atoms with Crippen LogP contribution in [0.2, 0.25) is 0 Å². The number of benzene rings is 2. The first-order chi connectivity index (χ1) is 11.6. The molecule has 0 fully saturated rings. The van der Waals surface area contributed by atoms with Crippen molar-refractivity contribution in [3.05, 3.63) is 58.6 Å². The number of amides is 1. The molecule has 0 radical (unpaired) electrons. The van der Waals surface area contributed by atoms with Gasteiger partial charge in [0.25, 0.3) is 5.91 Å². The van der Waals surface area contributed by atoms with E-state index >= 15 is 0 Å². The quantitative estimate of drug-likeness (QED) is 0.692. The fraction of sp³-hybridized carbons (Fsp3) is 0.316. The number of para-hydroxylation sites is 1. The summed E-state index contributed by atoms with van der Waals surface area (Å²) in [6.07, 6.45) is 1.17. The second kappa shape index (κ2) is 9.33. The lowest BCUT2D eigenvalue weighted by Crippen LogP contribution is -2.36. The summed E-state index contributed by atoms with van der Waals surface area (Å²) in [7, 11) is 1.67. The van der Waals surface area contributed by atoms with Crippen molar-refractivity contribution in [2.24, 2.45) is 0 Å². The summed E-state index contributed by atoms with van der Waals surface area (Å²) in [6, 6.07) is 15.4. The third-order valence-electron chi connectivity index (χ3n) is 3.61. The van der Waals surface area contributed by atoms with Gasteiger partial charge in [0.15, 0.2) is 6.10 Å². The van der Waals surface area contributed by atoms with Crippen LogP contribution in [0.1, 0.15) is 18.9 Å². The third-order valence-corrected chi connectivity index (χ3v) is 4.14. The smallest absolute Gasteiger partial charge is 0.260 e. The van der Waals surface area contributed by atoms with Gasteiger partial charge in [-0.1, -0.05) is 34.1 Å². The van der Waals surface area contributed by atoms with Crippen LogP contribution >= 0.6 is 15.9 Å². The maximum absolute atomic E-state index is 12.1. The summed E-state index contributed by atoms with van der Waals surface area (Å²) >= 11 is 3.37. The lowest BCUT2D eigenvalue weighted by molar-refractivity contribution is -0.127. The average Bonchev–Trinajstić information content (AvgIpc) is 2.60. The van der Waals surface area contributed by atoms with Crippen LogP contribution in [0.4, 0.5) is 0 Å². The SMILES string of the molecule is COc1ccccc1CCCNC(=O)[C@@H](C)Oc1ccc(Br)cc1. The molecule has 0 saturated heterocycles. The molecule has 4 nitrogen and oxygen atoms in total. The van der Waals surface area contributed by atoms with Crippen LogP contribution in [-0.2, 0) is 11.2 Å². The first-order valence-corrected chi connectivity index (χ1v) is 8.71. The second-order valence-electron chi connectivity index (χ2n) is 5.42. The molecule has 0 heterocycles. The maximum Gasteiger partial charge on any atom is 0.260 e. The van der Waals surface area contributed by atoms with Crippen molar-refractivity contribution in [3.8, 4) is 11.5 Å². The van der Waals surface area contributed by atoms with Crippen molar-refractivity contribution in [3.63, 3.8) is 0 Å².